The molecule has 0 aromatic carbocycles. The minimum atomic E-state index is -0.568. The van der Waals surface area contributed by atoms with Gasteiger partial charge in [-0.25, -0.2) is 0 Å². The maximum atomic E-state index is 10.4. The molecule has 0 fully saturated rings. The molecule has 16 heavy (non-hydrogen) atoms. The van der Waals surface area contributed by atoms with Gasteiger partial charge in [-0.2, -0.15) is 0 Å². The average Bonchev–Trinajstić information content (AvgIpc) is 2.86. The molecule has 84 valence electrons. The van der Waals surface area contributed by atoms with Crippen LogP contribution in [0.3, 0.4) is 0 Å². The van der Waals surface area contributed by atoms with Crippen molar-refractivity contribution < 1.29 is 9.34 Å². The van der Waals surface area contributed by atoms with Crippen LogP contribution in [0.15, 0.2) is 34.1 Å². The van der Waals surface area contributed by atoms with E-state index in [-0.39, 0.29) is 11.9 Å². The molecule has 2 N–H and O–H groups in total. The molecule has 0 bridgehead atoms. The molecule has 2 aromatic rings. The third kappa shape index (κ3) is 2.29. The first-order chi connectivity index (χ1) is 7.66. The monoisotopic (exact) mass is 238 g/mol. The lowest BCUT2D eigenvalue weighted by Crippen LogP contribution is -2.11. The van der Waals surface area contributed by atoms with Gasteiger partial charge >= 0.3 is 5.88 Å². The van der Waals surface area contributed by atoms with E-state index in [9.17, 15) is 10.1 Å². The fraction of sp³-hybridized carbons (Fsp3) is 0.200. The van der Waals surface area contributed by atoms with Crippen LogP contribution in [0.5, 0.6) is 0 Å². The zero-order valence-corrected chi connectivity index (χ0v) is 9.15. The molecule has 2 rings (SSSR count). The van der Waals surface area contributed by atoms with Crippen LogP contribution in [0, 0.1) is 10.1 Å². The molecule has 2 aromatic heterocycles. The molecule has 0 spiro atoms. The molecule has 0 amide bonds. The number of hydrogen-bond acceptors (Lipinski definition) is 5. The van der Waals surface area contributed by atoms with E-state index in [0.717, 1.165) is 4.88 Å². The van der Waals surface area contributed by atoms with Crippen molar-refractivity contribution in [3.63, 3.8) is 0 Å². The first kappa shape index (κ1) is 10.8. The van der Waals surface area contributed by atoms with Crippen molar-refractivity contribution in [2.75, 3.05) is 0 Å². The van der Waals surface area contributed by atoms with Crippen LogP contribution in [0.2, 0.25) is 0 Å². The zero-order valence-electron chi connectivity index (χ0n) is 8.33. The van der Waals surface area contributed by atoms with Gasteiger partial charge in [0.2, 0.25) is 0 Å². The Morgan fingerprint density at radius 2 is 2.31 bits per heavy atom. The van der Waals surface area contributed by atoms with E-state index in [0.29, 0.717) is 12.2 Å². The fourth-order valence-electron chi connectivity index (χ4n) is 1.39. The van der Waals surface area contributed by atoms with Crippen LogP contribution < -0.4 is 5.73 Å². The maximum absolute atomic E-state index is 10.4. The number of nitrogens with two attached hydrogens (primary N) is 1. The van der Waals surface area contributed by atoms with Crippen molar-refractivity contribution in [3.05, 3.63) is 50.4 Å². The zero-order chi connectivity index (χ0) is 11.5. The van der Waals surface area contributed by atoms with Gasteiger partial charge in [-0.15, -0.1) is 11.3 Å². The van der Waals surface area contributed by atoms with Gasteiger partial charge in [-0.1, -0.05) is 6.07 Å². The molecule has 0 aliphatic carbocycles. The van der Waals surface area contributed by atoms with Crippen molar-refractivity contribution in [1.29, 1.82) is 0 Å². The summed E-state index contributed by atoms with van der Waals surface area (Å²) in [7, 11) is 0. The van der Waals surface area contributed by atoms with Crippen LogP contribution in [0.4, 0.5) is 5.88 Å². The van der Waals surface area contributed by atoms with Gasteiger partial charge in [0.15, 0.2) is 0 Å². The van der Waals surface area contributed by atoms with Gasteiger partial charge in [0, 0.05) is 11.3 Å². The first-order valence-corrected chi connectivity index (χ1v) is 5.57. The predicted molar refractivity (Wildman–Crippen MR) is 60.3 cm³/mol. The molecule has 0 saturated heterocycles. The normalized spacial score (nSPS) is 12.6. The number of rotatable bonds is 4. The Morgan fingerprint density at radius 3 is 2.88 bits per heavy atom. The summed E-state index contributed by atoms with van der Waals surface area (Å²) in [5.74, 6) is 0.178. The molecule has 0 radical (unpaired) electrons. The van der Waals surface area contributed by atoms with Gasteiger partial charge in [-0.3, -0.25) is 10.1 Å². The first-order valence-electron chi connectivity index (χ1n) is 4.69. The van der Waals surface area contributed by atoms with Gasteiger partial charge in [0.1, 0.15) is 10.7 Å². The molecular weight excluding hydrogens is 228 g/mol. The van der Waals surface area contributed by atoms with Gasteiger partial charge in [-0.05, 0) is 17.5 Å². The van der Waals surface area contributed by atoms with Crippen LogP contribution in [-0.2, 0) is 6.42 Å². The summed E-state index contributed by atoms with van der Waals surface area (Å²) in [6.45, 7) is 0. The SMILES string of the molecule is NC(Cc1cccs1)c1ccc([N+](=O)[O-])o1. The second-order valence-corrected chi connectivity index (χ2v) is 4.36. The summed E-state index contributed by atoms with van der Waals surface area (Å²) in [6.07, 6.45) is 0.627. The van der Waals surface area contributed by atoms with Crippen molar-refractivity contribution in [2.24, 2.45) is 5.73 Å². The Kier molecular flexibility index (Phi) is 3.02. The molecule has 0 saturated carbocycles. The summed E-state index contributed by atoms with van der Waals surface area (Å²) in [4.78, 5) is 11.0. The highest BCUT2D eigenvalue weighted by molar-refractivity contribution is 7.09. The number of hydrogen-bond donors (Lipinski definition) is 1. The largest absolute Gasteiger partial charge is 0.433 e. The standard InChI is InChI=1S/C10H10N2O3S/c11-8(6-7-2-1-5-16-7)9-3-4-10(15-9)12(13)14/h1-5,8H,6,11H2. The number of nitro groups is 1. The molecule has 0 aliphatic rings. The van der Waals surface area contributed by atoms with E-state index >= 15 is 0 Å². The summed E-state index contributed by atoms with van der Waals surface area (Å²) in [5, 5.41) is 12.4. The second-order valence-electron chi connectivity index (χ2n) is 3.32. The second kappa shape index (κ2) is 4.46. The highest BCUT2D eigenvalue weighted by atomic mass is 32.1. The van der Waals surface area contributed by atoms with Crippen molar-refractivity contribution >= 4 is 17.2 Å². The third-order valence-electron chi connectivity index (χ3n) is 2.16. The lowest BCUT2D eigenvalue weighted by Gasteiger charge is -2.05. The minimum Gasteiger partial charge on any atom is -0.404 e. The summed E-state index contributed by atoms with van der Waals surface area (Å²) in [6, 6.07) is 6.45. The van der Waals surface area contributed by atoms with Crippen LogP contribution in [-0.4, -0.2) is 4.92 Å². The molecule has 6 heteroatoms. The summed E-state index contributed by atoms with van der Waals surface area (Å²) >= 11 is 1.60. The van der Waals surface area contributed by atoms with Crippen LogP contribution in [0.25, 0.3) is 0 Å². The Morgan fingerprint density at radius 1 is 1.50 bits per heavy atom. The van der Waals surface area contributed by atoms with Crippen LogP contribution >= 0.6 is 11.3 Å². The molecule has 1 atom stereocenters. The quantitative estimate of drug-likeness (QED) is 0.655. The predicted octanol–water partition coefficient (Wildman–Crippen LogP) is 2.49. The summed E-state index contributed by atoms with van der Waals surface area (Å²) < 4.78 is 5.04. The number of nitrogens with zero attached hydrogens (tertiary/aromatic N) is 1. The van der Waals surface area contributed by atoms with E-state index in [4.69, 9.17) is 10.2 Å². The van der Waals surface area contributed by atoms with Crippen LogP contribution in [0.1, 0.15) is 16.7 Å². The molecule has 0 aliphatic heterocycles. The minimum absolute atomic E-state index is 0.267. The molecular formula is C10H10N2O3S. The fourth-order valence-corrected chi connectivity index (χ4v) is 2.15. The van der Waals surface area contributed by atoms with E-state index in [1.807, 2.05) is 17.5 Å². The molecule has 1 unspecified atom stereocenters. The molecule has 2 heterocycles. The van der Waals surface area contributed by atoms with Gasteiger partial charge in [0.05, 0.1) is 12.1 Å². The number of furan rings is 1. The molecule has 5 nitrogen and oxygen atoms in total. The smallest absolute Gasteiger partial charge is 0.404 e. The Labute approximate surface area is 95.6 Å². The van der Waals surface area contributed by atoms with Gasteiger partial charge in [0.25, 0.3) is 0 Å². The Balaban J connectivity index is 2.08. The van der Waals surface area contributed by atoms with Crippen molar-refractivity contribution in [1.82, 2.24) is 0 Å². The topological polar surface area (TPSA) is 82.3 Å². The lowest BCUT2D eigenvalue weighted by atomic mass is 10.1. The number of thiophene rings is 1. The van der Waals surface area contributed by atoms with E-state index in [1.165, 1.54) is 6.07 Å². The third-order valence-corrected chi connectivity index (χ3v) is 3.06. The average molecular weight is 238 g/mol. The van der Waals surface area contributed by atoms with Crippen molar-refractivity contribution in [2.45, 2.75) is 12.5 Å². The lowest BCUT2D eigenvalue weighted by molar-refractivity contribution is -0.402. The Hall–Kier alpha value is -1.66. The maximum Gasteiger partial charge on any atom is 0.433 e. The Bertz CT molecular complexity index is 478. The summed E-state index contributed by atoms with van der Waals surface area (Å²) in [5.41, 5.74) is 5.89. The highest BCUT2D eigenvalue weighted by Crippen LogP contribution is 2.24. The van der Waals surface area contributed by atoms with E-state index in [2.05, 4.69) is 0 Å². The van der Waals surface area contributed by atoms with E-state index in [1.54, 1.807) is 17.4 Å². The van der Waals surface area contributed by atoms with Crippen molar-refractivity contribution in [3.8, 4) is 0 Å². The van der Waals surface area contributed by atoms with Gasteiger partial charge < -0.3 is 10.2 Å². The highest BCUT2D eigenvalue weighted by Gasteiger charge is 2.17. The van der Waals surface area contributed by atoms with E-state index < -0.39 is 4.92 Å².